The van der Waals surface area contributed by atoms with E-state index in [1.807, 2.05) is 0 Å². The van der Waals surface area contributed by atoms with E-state index in [0.717, 1.165) is 12.8 Å². The number of unbranched alkanes of at least 4 members (excludes halogenated alkanes) is 1. The Bertz CT molecular complexity index is 369. The number of ether oxygens (including phenoxy) is 3. The van der Waals surface area contributed by atoms with Crippen molar-refractivity contribution >= 4 is 12.1 Å². The second kappa shape index (κ2) is 7.11. The Morgan fingerprint density at radius 1 is 1.29 bits per heavy atom. The highest BCUT2D eigenvalue weighted by Crippen LogP contribution is 2.36. The Balaban J connectivity index is 2.55. The molecule has 0 atom stereocenters. The Kier molecular flexibility index (Phi) is 6.01. The molecule has 0 unspecified atom stereocenters. The van der Waals surface area contributed by atoms with Crippen LogP contribution in [-0.2, 0) is 19.0 Å². The molecular weight excluding hydrogens is 274 g/mol. The number of nitrogens with one attached hydrogen (secondary N) is 1. The molecule has 1 N–H and O–H groups in total. The van der Waals surface area contributed by atoms with Gasteiger partial charge in [-0.05, 0) is 27.2 Å². The van der Waals surface area contributed by atoms with E-state index >= 15 is 0 Å². The van der Waals surface area contributed by atoms with Gasteiger partial charge in [0.15, 0.2) is 0 Å². The summed E-state index contributed by atoms with van der Waals surface area (Å²) in [6.45, 7) is 8.08. The van der Waals surface area contributed by atoms with Gasteiger partial charge >= 0.3 is 12.1 Å². The number of alkyl carbamates (subject to hydrolysis) is 1. The third-order valence-corrected chi connectivity index (χ3v) is 3.32. The first-order valence-electron chi connectivity index (χ1n) is 7.43. The molecule has 1 aliphatic carbocycles. The van der Waals surface area contributed by atoms with E-state index in [9.17, 15) is 9.59 Å². The minimum atomic E-state index is -1.02. The van der Waals surface area contributed by atoms with Crippen molar-refractivity contribution in [3.63, 3.8) is 0 Å². The van der Waals surface area contributed by atoms with Crippen LogP contribution in [0.3, 0.4) is 0 Å². The molecule has 0 radical (unpaired) electrons. The molecule has 21 heavy (non-hydrogen) atoms. The van der Waals surface area contributed by atoms with E-state index < -0.39 is 23.2 Å². The van der Waals surface area contributed by atoms with Gasteiger partial charge in [-0.3, -0.25) is 0 Å². The molecule has 0 heterocycles. The summed E-state index contributed by atoms with van der Waals surface area (Å²) in [6.07, 6.45) is 2.25. The summed E-state index contributed by atoms with van der Waals surface area (Å²) in [7, 11) is 1.31. The fraction of sp³-hybridized carbons (Fsp3) is 0.867. The van der Waals surface area contributed by atoms with E-state index in [2.05, 4.69) is 12.2 Å². The fourth-order valence-corrected chi connectivity index (χ4v) is 2.24. The van der Waals surface area contributed by atoms with Crippen molar-refractivity contribution in [2.24, 2.45) is 0 Å². The summed E-state index contributed by atoms with van der Waals surface area (Å²) >= 11 is 0. The van der Waals surface area contributed by atoms with Crippen molar-refractivity contribution in [1.29, 1.82) is 0 Å². The lowest BCUT2D eigenvalue weighted by molar-refractivity contribution is -0.161. The number of carbonyl (C=O) groups excluding carboxylic acids is 2. The molecule has 1 rings (SSSR count). The topological polar surface area (TPSA) is 73.9 Å². The lowest BCUT2D eigenvalue weighted by atomic mass is 9.74. The van der Waals surface area contributed by atoms with Gasteiger partial charge in [0.2, 0.25) is 0 Å². The smallest absolute Gasteiger partial charge is 0.408 e. The molecule has 1 fully saturated rings. The molecule has 1 amide bonds. The molecule has 6 heteroatoms. The summed E-state index contributed by atoms with van der Waals surface area (Å²) < 4.78 is 15.6. The second-order valence-electron chi connectivity index (χ2n) is 6.46. The van der Waals surface area contributed by atoms with Crippen LogP contribution in [0.2, 0.25) is 0 Å². The highest BCUT2D eigenvalue weighted by molar-refractivity contribution is 5.87. The quantitative estimate of drug-likeness (QED) is 0.602. The van der Waals surface area contributed by atoms with E-state index in [1.165, 1.54) is 7.11 Å². The van der Waals surface area contributed by atoms with Crippen LogP contribution in [0.1, 0.15) is 53.4 Å². The van der Waals surface area contributed by atoms with Crippen molar-refractivity contribution in [2.45, 2.75) is 70.6 Å². The average molecular weight is 301 g/mol. The maximum Gasteiger partial charge on any atom is 0.408 e. The SMILES string of the molecule is CCCCOC1CC(NC(=O)OC(C)(C)C)(C(=O)OC)C1. The van der Waals surface area contributed by atoms with E-state index in [-0.39, 0.29) is 6.10 Å². The van der Waals surface area contributed by atoms with E-state index in [1.54, 1.807) is 20.8 Å². The number of carbonyl (C=O) groups is 2. The van der Waals surface area contributed by atoms with Crippen molar-refractivity contribution in [3.05, 3.63) is 0 Å². The number of rotatable bonds is 6. The Morgan fingerprint density at radius 2 is 1.90 bits per heavy atom. The van der Waals surface area contributed by atoms with E-state index in [0.29, 0.717) is 19.4 Å². The van der Waals surface area contributed by atoms with Crippen LogP contribution >= 0.6 is 0 Å². The standard InChI is InChI=1S/C15H27NO5/c1-6-7-8-20-11-9-15(10-11,12(17)19-5)16-13(18)21-14(2,3)4/h11H,6-10H2,1-5H3,(H,16,18). The molecule has 0 bridgehead atoms. The highest BCUT2D eigenvalue weighted by Gasteiger charge is 2.53. The molecule has 0 spiro atoms. The first kappa shape index (κ1) is 17.8. The van der Waals surface area contributed by atoms with Crippen molar-refractivity contribution in [1.82, 2.24) is 5.32 Å². The van der Waals surface area contributed by atoms with Crippen LogP contribution in [0.4, 0.5) is 4.79 Å². The molecule has 6 nitrogen and oxygen atoms in total. The van der Waals surface area contributed by atoms with Gasteiger partial charge in [-0.25, -0.2) is 9.59 Å². The van der Waals surface area contributed by atoms with Crippen LogP contribution < -0.4 is 5.32 Å². The monoisotopic (exact) mass is 301 g/mol. The molecular formula is C15H27NO5. The number of hydrogen-bond acceptors (Lipinski definition) is 5. The van der Waals surface area contributed by atoms with Crippen LogP contribution in [0.25, 0.3) is 0 Å². The first-order chi connectivity index (χ1) is 9.72. The van der Waals surface area contributed by atoms with Gasteiger partial charge in [0.25, 0.3) is 0 Å². The zero-order valence-corrected chi connectivity index (χ0v) is 13.7. The van der Waals surface area contributed by atoms with Crippen molar-refractivity contribution < 1.29 is 23.8 Å². The van der Waals surface area contributed by atoms with Gasteiger partial charge in [0, 0.05) is 19.4 Å². The summed E-state index contributed by atoms with van der Waals surface area (Å²) in [5.74, 6) is -0.455. The van der Waals surface area contributed by atoms with Crippen molar-refractivity contribution in [3.8, 4) is 0 Å². The van der Waals surface area contributed by atoms with Crippen LogP contribution in [0.5, 0.6) is 0 Å². The first-order valence-corrected chi connectivity index (χ1v) is 7.43. The molecule has 0 saturated heterocycles. The van der Waals surface area contributed by atoms with E-state index in [4.69, 9.17) is 14.2 Å². The molecule has 1 saturated carbocycles. The fourth-order valence-electron chi connectivity index (χ4n) is 2.24. The van der Waals surface area contributed by atoms with Gasteiger partial charge in [-0.1, -0.05) is 13.3 Å². The van der Waals surface area contributed by atoms with Crippen LogP contribution in [0.15, 0.2) is 0 Å². The zero-order chi connectivity index (χ0) is 16.1. The minimum Gasteiger partial charge on any atom is -0.467 e. The summed E-state index contributed by atoms with van der Waals surface area (Å²) in [4.78, 5) is 23.8. The van der Waals surface area contributed by atoms with Crippen LogP contribution in [-0.4, -0.2) is 43.0 Å². The van der Waals surface area contributed by atoms with Crippen LogP contribution in [0, 0.1) is 0 Å². The maximum atomic E-state index is 11.9. The second-order valence-corrected chi connectivity index (χ2v) is 6.46. The number of methoxy groups -OCH3 is 1. The van der Waals surface area contributed by atoms with Gasteiger partial charge < -0.3 is 19.5 Å². The average Bonchev–Trinajstić information content (AvgIpc) is 2.32. The predicted molar refractivity (Wildman–Crippen MR) is 78.0 cm³/mol. The summed E-state index contributed by atoms with van der Waals surface area (Å²) in [5.41, 5.74) is -1.63. The third-order valence-electron chi connectivity index (χ3n) is 3.32. The number of esters is 1. The Labute approximate surface area is 126 Å². The zero-order valence-electron chi connectivity index (χ0n) is 13.7. The molecule has 0 aromatic rings. The highest BCUT2D eigenvalue weighted by atomic mass is 16.6. The van der Waals surface area contributed by atoms with Gasteiger partial charge in [0.05, 0.1) is 13.2 Å². The lowest BCUT2D eigenvalue weighted by Gasteiger charge is -2.45. The number of amides is 1. The van der Waals surface area contributed by atoms with Gasteiger partial charge in [-0.15, -0.1) is 0 Å². The lowest BCUT2D eigenvalue weighted by Crippen LogP contribution is -2.65. The Hall–Kier alpha value is -1.30. The molecule has 0 aromatic heterocycles. The third kappa shape index (κ3) is 5.19. The molecule has 122 valence electrons. The molecule has 0 aliphatic heterocycles. The van der Waals surface area contributed by atoms with Gasteiger partial charge in [0.1, 0.15) is 11.1 Å². The summed E-state index contributed by atoms with van der Waals surface area (Å²) in [6, 6.07) is 0. The predicted octanol–water partition coefficient (Wildman–Crippen LogP) is 2.40. The minimum absolute atomic E-state index is 0.0226. The summed E-state index contributed by atoms with van der Waals surface area (Å²) in [5, 5.41) is 2.64. The number of hydrogen-bond donors (Lipinski definition) is 1. The molecule has 1 aliphatic rings. The maximum absolute atomic E-state index is 11.9. The molecule has 0 aromatic carbocycles. The normalized spacial score (nSPS) is 24.9. The van der Waals surface area contributed by atoms with Gasteiger partial charge in [-0.2, -0.15) is 0 Å². The largest absolute Gasteiger partial charge is 0.467 e. The van der Waals surface area contributed by atoms with Crippen molar-refractivity contribution in [2.75, 3.05) is 13.7 Å². The Morgan fingerprint density at radius 3 is 2.38 bits per heavy atom.